The third-order valence-electron chi connectivity index (χ3n) is 4.45. The average Bonchev–Trinajstić information content (AvgIpc) is 3.18. The van der Waals surface area contributed by atoms with Crippen molar-refractivity contribution in [1.82, 2.24) is 20.1 Å². The number of hydrogen-bond acceptors (Lipinski definition) is 4. The van der Waals surface area contributed by atoms with Crippen LogP contribution >= 0.6 is 35.4 Å². The van der Waals surface area contributed by atoms with Gasteiger partial charge >= 0.3 is 0 Å². The summed E-state index contributed by atoms with van der Waals surface area (Å²) >= 11 is 17.1. The SMILES string of the molecule is CC(C)n1c(CNC(=O)C2CCN(c3ccc(Cl)c(Cl)c3)C2=O)n[nH]c1=S. The molecule has 0 radical (unpaired) electrons. The highest BCUT2D eigenvalue weighted by molar-refractivity contribution is 7.71. The molecule has 3 rings (SSSR count). The molecule has 1 aliphatic rings. The van der Waals surface area contributed by atoms with Crippen molar-refractivity contribution in [3.05, 3.63) is 38.8 Å². The fourth-order valence-electron chi connectivity index (χ4n) is 3.12. The highest BCUT2D eigenvalue weighted by atomic mass is 35.5. The molecule has 144 valence electrons. The van der Waals surface area contributed by atoms with Crippen LogP contribution in [0.5, 0.6) is 0 Å². The van der Waals surface area contributed by atoms with E-state index in [0.717, 1.165) is 0 Å². The summed E-state index contributed by atoms with van der Waals surface area (Å²) in [6.07, 6.45) is 0.432. The van der Waals surface area contributed by atoms with Gasteiger partial charge in [-0.2, -0.15) is 5.10 Å². The minimum absolute atomic E-state index is 0.112. The first kappa shape index (κ1) is 19.9. The van der Waals surface area contributed by atoms with Crippen LogP contribution in [0.15, 0.2) is 18.2 Å². The number of benzene rings is 1. The second kappa shape index (κ2) is 8.00. The first-order chi connectivity index (χ1) is 12.8. The summed E-state index contributed by atoms with van der Waals surface area (Å²) in [4.78, 5) is 26.8. The van der Waals surface area contributed by atoms with Crippen LogP contribution in [0.1, 0.15) is 32.1 Å². The molecule has 1 aromatic carbocycles. The zero-order valence-corrected chi connectivity index (χ0v) is 17.2. The van der Waals surface area contributed by atoms with Crippen LogP contribution in [-0.4, -0.2) is 33.1 Å². The maximum Gasteiger partial charge on any atom is 0.239 e. The van der Waals surface area contributed by atoms with Crippen molar-refractivity contribution in [2.24, 2.45) is 5.92 Å². The largest absolute Gasteiger partial charge is 0.348 e. The van der Waals surface area contributed by atoms with Gasteiger partial charge in [0.2, 0.25) is 11.8 Å². The molecule has 0 aliphatic carbocycles. The minimum atomic E-state index is -0.742. The lowest BCUT2D eigenvalue weighted by molar-refractivity contribution is -0.132. The molecule has 1 unspecified atom stereocenters. The summed E-state index contributed by atoms with van der Waals surface area (Å²) in [6.45, 7) is 4.60. The zero-order chi connectivity index (χ0) is 19.7. The molecule has 1 aliphatic heterocycles. The van der Waals surface area contributed by atoms with Gasteiger partial charge in [0, 0.05) is 18.3 Å². The van der Waals surface area contributed by atoms with Gasteiger partial charge in [-0.15, -0.1) is 0 Å². The van der Waals surface area contributed by atoms with E-state index in [1.54, 1.807) is 23.1 Å². The zero-order valence-electron chi connectivity index (χ0n) is 14.8. The van der Waals surface area contributed by atoms with Crippen LogP contribution in [0.4, 0.5) is 5.69 Å². The van der Waals surface area contributed by atoms with Gasteiger partial charge in [-0.3, -0.25) is 14.7 Å². The van der Waals surface area contributed by atoms with Crippen LogP contribution in [-0.2, 0) is 16.1 Å². The van der Waals surface area contributed by atoms with E-state index in [1.807, 2.05) is 18.4 Å². The molecule has 0 saturated carbocycles. The predicted octanol–water partition coefficient (Wildman–Crippen LogP) is 3.50. The Balaban J connectivity index is 1.67. The summed E-state index contributed by atoms with van der Waals surface area (Å²) < 4.78 is 2.32. The molecule has 1 saturated heterocycles. The smallest absolute Gasteiger partial charge is 0.239 e. The number of hydrogen-bond donors (Lipinski definition) is 2. The fourth-order valence-corrected chi connectivity index (χ4v) is 3.77. The third kappa shape index (κ3) is 4.02. The molecule has 1 fully saturated rings. The van der Waals surface area contributed by atoms with Crippen LogP contribution in [0, 0.1) is 10.7 Å². The number of aromatic nitrogens is 3. The molecule has 1 aromatic heterocycles. The van der Waals surface area contributed by atoms with E-state index in [1.165, 1.54) is 0 Å². The van der Waals surface area contributed by atoms with Crippen LogP contribution in [0.25, 0.3) is 0 Å². The minimum Gasteiger partial charge on any atom is -0.348 e. The molecule has 2 amide bonds. The van der Waals surface area contributed by atoms with Crippen molar-refractivity contribution in [3.8, 4) is 0 Å². The third-order valence-corrected chi connectivity index (χ3v) is 5.48. The van der Waals surface area contributed by atoms with Gasteiger partial charge in [-0.1, -0.05) is 23.2 Å². The normalized spacial score (nSPS) is 17.0. The highest BCUT2D eigenvalue weighted by Gasteiger charge is 2.37. The Hall–Kier alpha value is -1.90. The lowest BCUT2D eigenvalue weighted by Crippen LogP contribution is -2.37. The number of nitrogens with one attached hydrogen (secondary N) is 2. The molecular formula is C17H19Cl2N5O2S. The summed E-state index contributed by atoms with van der Waals surface area (Å²) in [5.41, 5.74) is 0.630. The number of amides is 2. The Kier molecular flexibility index (Phi) is 5.88. The fraction of sp³-hybridized carbons (Fsp3) is 0.412. The van der Waals surface area contributed by atoms with E-state index in [0.29, 0.717) is 39.3 Å². The van der Waals surface area contributed by atoms with Gasteiger partial charge in [-0.05, 0) is 50.7 Å². The van der Waals surface area contributed by atoms with Crippen molar-refractivity contribution < 1.29 is 9.59 Å². The number of aromatic amines is 1. The lowest BCUT2D eigenvalue weighted by atomic mass is 10.1. The molecule has 10 heteroatoms. The summed E-state index contributed by atoms with van der Waals surface area (Å²) in [5, 5.41) is 10.4. The highest BCUT2D eigenvalue weighted by Crippen LogP contribution is 2.31. The first-order valence-electron chi connectivity index (χ1n) is 8.49. The summed E-state index contributed by atoms with van der Waals surface area (Å²) in [7, 11) is 0. The van der Waals surface area contributed by atoms with Gasteiger partial charge in [0.25, 0.3) is 0 Å². The number of halogens is 2. The van der Waals surface area contributed by atoms with Crippen molar-refractivity contribution in [1.29, 1.82) is 0 Å². The second-order valence-corrected chi connectivity index (χ2v) is 7.76. The van der Waals surface area contributed by atoms with Crippen LogP contribution in [0.2, 0.25) is 10.0 Å². The lowest BCUT2D eigenvalue weighted by Gasteiger charge is -2.17. The van der Waals surface area contributed by atoms with E-state index < -0.39 is 5.92 Å². The molecular weight excluding hydrogens is 409 g/mol. The van der Waals surface area contributed by atoms with Crippen molar-refractivity contribution in [3.63, 3.8) is 0 Å². The van der Waals surface area contributed by atoms with Crippen LogP contribution in [0.3, 0.4) is 0 Å². The Labute approximate surface area is 171 Å². The number of carbonyl (C=O) groups excluding carboxylic acids is 2. The molecule has 0 bridgehead atoms. The summed E-state index contributed by atoms with van der Waals surface area (Å²) in [5.74, 6) is -0.704. The molecule has 2 heterocycles. The number of H-pyrrole nitrogens is 1. The molecule has 2 aromatic rings. The quantitative estimate of drug-likeness (QED) is 0.564. The van der Waals surface area contributed by atoms with Gasteiger partial charge in [0.1, 0.15) is 5.92 Å². The Morgan fingerprint density at radius 1 is 1.41 bits per heavy atom. The van der Waals surface area contributed by atoms with Gasteiger partial charge in [0.15, 0.2) is 10.6 Å². The van der Waals surface area contributed by atoms with Gasteiger partial charge < -0.3 is 14.8 Å². The van der Waals surface area contributed by atoms with Gasteiger partial charge in [0.05, 0.1) is 16.6 Å². The standard InChI is InChI=1S/C17H19Cl2N5O2S/c1-9(2)24-14(21-22-17(24)27)8-20-15(25)11-5-6-23(16(11)26)10-3-4-12(18)13(19)7-10/h3-4,7,9,11H,5-6,8H2,1-2H3,(H,20,25)(H,22,27). The van der Waals surface area contributed by atoms with Crippen molar-refractivity contribution in [2.75, 3.05) is 11.4 Å². The predicted molar refractivity (Wildman–Crippen MR) is 107 cm³/mol. The van der Waals surface area contributed by atoms with E-state index >= 15 is 0 Å². The first-order valence-corrected chi connectivity index (χ1v) is 9.66. The topological polar surface area (TPSA) is 83.0 Å². The number of carbonyl (C=O) groups is 2. The Bertz CT molecular complexity index is 940. The molecule has 7 nitrogen and oxygen atoms in total. The Morgan fingerprint density at radius 3 is 2.81 bits per heavy atom. The maximum absolute atomic E-state index is 12.7. The van der Waals surface area contributed by atoms with Crippen molar-refractivity contribution >= 4 is 52.9 Å². The van der Waals surface area contributed by atoms with E-state index in [9.17, 15) is 9.59 Å². The monoisotopic (exact) mass is 427 g/mol. The summed E-state index contributed by atoms with van der Waals surface area (Å²) in [6, 6.07) is 5.09. The number of anilines is 1. The van der Waals surface area contributed by atoms with E-state index in [4.69, 9.17) is 35.4 Å². The van der Waals surface area contributed by atoms with Crippen molar-refractivity contribution in [2.45, 2.75) is 32.9 Å². The molecule has 0 spiro atoms. The van der Waals surface area contributed by atoms with E-state index in [2.05, 4.69) is 15.5 Å². The number of nitrogens with zero attached hydrogens (tertiary/aromatic N) is 3. The maximum atomic E-state index is 12.7. The number of rotatable bonds is 5. The Morgan fingerprint density at radius 2 is 2.15 bits per heavy atom. The molecule has 2 N–H and O–H groups in total. The molecule has 27 heavy (non-hydrogen) atoms. The average molecular weight is 428 g/mol. The molecule has 1 atom stereocenters. The van der Waals surface area contributed by atoms with Gasteiger partial charge in [-0.25, -0.2) is 0 Å². The van der Waals surface area contributed by atoms with E-state index in [-0.39, 0.29) is 24.4 Å². The second-order valence-electron chi connectivity index (χ2n) is 6.56. The van der Waals surface area contributed by atoms with Crippen LogP contribution < -0.4 is 10.2 Å².